The van der Waals surface area contributed by atoms with E-state index in [0.29, 0.717) is 19.8 Å². The molecule has 2 heterocycles. The number of fused-ring (bicyclic) bond motifs is 1. The summed E-state index contributed by atoms with van der Waals surface area (Å²) in [6.45, 7) is 3.47. The summed E-state index contributed by atoms with van der Waals surface area (Å²) < 4.78 is 13.1. The van der Waals surface area contributed by atoms with Gasteiger partial charge in [0.05, 0.1) is 18.5 Å². The highest BCUT2D eigenvalue weighted by Gasteiger charge is 2.22. The third-order valence-electron chi connectivity index (χ3n) is 5.22. The first-order valence-corrected chi connectivity index (χ1v) is 10.3. The van der Waals surface area contributed by atoms with Gasteiger partial charge in [-0.25, -0.2) is 4.98 Å². The zero-order chi connectivity index (χ0) is 20.8. The topological polar surface area (TPSA) is 78.3 Å². The number of nitrogens with zero attached hydrogens (tertiary/aromatic N) is 3. The molecule has 0 radical (unpaired) electrons. The smallest absolute Gasteiger partial charge is 0.225 e. The molecule has 0 unspecified atom stereocenters. The molecule has 0 saturated carbocycles. The molecular formula is C23H26N4O3. The molecule has 7 nitrogen and oxygen atoms in total. The predicted molar refractivity (Wildman–Crippen MR) is 112 cm³/mol. The van der Waals surface area contributed by atoms with Crippen molar-refractivity contribution in [2.24, 2.45) is 5.92 Å². The number of rotatable bonds is 8. The summed E-state index contributed by atoms with van der Waals surface area (Å²) in [4.78, 5) is 16.9. The van der Waals surface area contributed by atoms with Crippen molar-refractivity contribution in [1.29, 1.82) is 0 Å². The number of carbonyl (C=O) groups excluding carboxylic acids is 1. The van der Waals surface area contributed by atoms with Gasteiger partial charge < -0.3 is 14.8 Å². The number of aromatic nitrogens is 3. The molecule has 2 atom stereocenters. The summed E-state index contributed by atoms with van der Waals surface area (Å²) in [5.41, 5.74) is 2.25. The van der Waals surface area contributed by atoms with Crippen LogP contribution in [0.25, 0.3) is 0 Å². The van der Waals surface area contributed by atoms with Crippen LogP contribution in [-0.2, 0) is 17.8 Å². The number of amides is 1. The van der Waals surface area contributed by atoms with Gasteiger partial charge in [0.1, 0.15) is 25.9 Å². The predicted octanol–water partition coefficient (Wildman–Crippen LogP) is 3.18. The van der Waals surface area contributed by atoms with Crippen LogP contribution < -0.4 is 14.8 Å². The van der Waals surface area contributed by atoms with Gasteiger partial charge in [-0.05, 0) is 36.1 Å². The lowest BCUT2D eigenvalue weighted by molar-refractivity contribution is -0.125. The van der Waals surface area contributed by atoms with Crippen molar-refractivity contribution in [2.45, 2.75) is 32.4 Å². The molecule has 7 heteroatoms. The lowest BCUT2D eigenvalue weighted by atomic mass is 9.97. The number of nitrogens with one attached hydrogen (secondary N) is 1. The van der Waals surface area contributed by atoms with Gasteiger partial charge in [-0.1, -0.05) is 43.3 Å². The van der Waals surface area contributed by atoms with Crippen LogP contribution in [0.3, 0.4) is 0 Å². The van der Waals surface area contributed by atoms with Crippen LogP contribution in [0, 0.1) is 5.92 Å². The van der Waals surface area contributed by atoms with E-state index in [4.69, 9.17) is 9.47 Å². The Balaban J connectivity index is 1.49. The van der Waals surface area contributed by atoms with Crippen LogP contribution in [0.2, 0.25) is 0 Å². The van der Waals surface area contributed by atoms with E-state index < -0.39 is 0 Å². The number of benzene rings is 2. The molecule has 1 N–H and O–H groups in total. The van der Waals surface area contributed by atoms with E-state index >= 15 is 0 Å². The maximum atomic E-state index is 12.9. The highest BCUT2D eigenvalue weighted by molar-refractivity contribution is 5.78. The molecule has 1 aliphatic heterocycles. The van der Waals surface area contributed by atoms with Gasteiger partial charge in [-0.15, -0.1) is 0 Å². The number of hydrogen-bond acceptors (Lipinski definition) is 5. The second kappa shape index (κ2) is 9.43. The highest BCUT2D eigenvalue weighted by atomic mass is 16.6. The molecule has 1 aliphatic rings. The Morgan fingerprint density at radius 1 is 1.13 bits per heavy atom. The maximum absolute atomic E-state index is 12.9. The average molecular weight is 406 g/mol. The quantitative estimate of drug-likeness (QED) is 0.622. The second-order valence-electron chi connectivity index (χ2n) is 7.51. The van der Waals surface area contributed by atoms with Gasteiger partial charge in [-0.3, -0.25) is 9.48 Å². The van der Waals surface area contributed by atoms with Gasteiger partial charge in [0, 0.05) is 0 Å². The van der Waals surface area contributed by atoms with Gasteiger partial charge >= 0.3 is 0 Å². The van der Waals surface area contributed by atoms with Gasteiger partial charge in [-0.2, -0.15) is 5.10 Å². The van der Waals surface area contributed by atoms with Crippen LogP contribution in [-0.4, -0.2) is 33.9 Å². The first-order valence-electron chi connectivity index (χ1n) is 10.3. The summed E-state index contributed by atoms with van der Waals surface area (Å²) in [7, 11) is 0. The Labute approximate surface area is 176 Å². The van der Waals surface area contributed by atoms with Crippen molar-refractivity contribution < 1.29 is 14.3 Å². The molecule has 1 amide bonds. The van der Waals surface area contributed by atoms with E-state index in [2.05, 4.69) is 27.5 Å². The Hall–Kier alpha value is -3.35. The minimum Gasteiger partial charge on any atom is -0.486 e. The monoisotopic (exact) mass is 406 g/mol. The lowest BCUT2D eigenvalue weighted by Gasteiger charge is -2.24. The van der Waals surface area contributed by atoms with E-state index in [1.54, 1.807) is 11.0 Å². The van der Waals surface area contributed by atoms with Crippen molar-refractivity contribution in [3.63, 3.8) is 0 Å². The van der Waals surface area contributed by atoms with E-state index in [0.717, 1.165) is 29.9 Å². The van der Waals surface area contributed by atoms with Crippen LogP contribution >= 0.6 is 0 Å². The van der Waals surface area contributed by atoms with Crippen molar-refractivity contribution >= 4 is 5.91 Å². The molecule has 0 aliphatic carbocycles. The largest absolute Gasteiger partial charge is 0.486 e. The second-order valence-corrected chi connectivity index (χ2v) is 7.51. The summed E-state index contributed by atoms with van der Waals surface area (Å²) in [6, 6.07) is 16.1. The van der Waals surface area contributed by atoms with Gasteiger partial charge in [0.25, 0.3) is 0 Å². The van der Waals surface area contributed by atoms with Crippen LogP contribution in [0.15, 0.2) is 61.2 Å². The standard InChI is InChI=1S/C23H26N4O3/c1-17(14-27-16-24-15-25-27)23(28)26-20(9-7-18-5-3-2-4-6-18)19-8-10-21-22(13-19)30-12-11-29-21/h2-6,8,10,13,15-17,20H,7,9,11-12,14H2,1H3,(H,26,28)/t17-,20+/m1/s1. The SMILES string of the molecule is C[C@H](Cn1cncn1)C(=O)N[C@@H](CCc1ccccc1)c1ccc2c(c1)OCCO2. The number of carbonyl (C=O) groups is 1. The van der Waals surface area contributed by atoms with Crippen molar-refractivity contribution in [3.8, 4) is 11.5 Å². The lowest BCUT2D eigenvalue weighted by Crippen LogP contribution is -2.35. The molecule has 30 heavy (non-hydrogen) atoms. The summed E-state index contributed by atoms with van der Waals surface area (Å²) >= 11 is 0. The first-order chi connectivity index (χ1) is 14.7. The zero-order valence-electron chi connectivity index (χ0n) is 17.0. The molecule has 2 aromatic carbocycles. The average Bonchev–Trinajstić information content (AvgIpc) is 3.30. The van der Waals surface area contributed by atoms with Crippen LogP contribution in [0.4, 0.5) is 0 Å². The molecule has 3 aromatic rings. The van der Waals surface area contributed by atoms with E-state index in [1.807, 2.05) is 43.3 Å². The molecule has 0 bridgehead atoms. The summed E-state index contributed by atoms with van der Waals surface area (Å²) in [5.74, 6) is 1.23. The van der Waals surface area contributed by atoms with Crippen molar-refractivity contribution in [1.82, 2.24) is 20.1 Å². The third-order valence-corrected chi connectivity index (χ3v) is 5.22. The van der Waals surface area contributed by atoms with Crippen LogP contribution in [0.1, 0.15) is 30.5 Å². The van der Waals surface area contributed by atoms with Gasteiger partial charge in [0.15, 0.2) is 11.5 Å². The fraction of sp³-hybridized carbons (Fsp3) is 0.348. The number of hydrogen-bond donors (Lipinski definition) is 1. The molecule has 4 rings (SSSR count). The molecule has 0 fully saturated rings. The Morgan fingerprint density at radius 2 is 1.93 bits per heavy atom. The molecule has 0 spiro atoms. The Kier molecular flexibility index (Phi) is 6.27. The zero-order valence-corrected chi connectivity index (χ0v) is 17.0. The normalized spacial score (nSPS) is 14.7. The minimum absolute atomic E-state index is 0.0153. The molecule has 156 valence electrons. The molecule has 0 saturated heterocycles. The first kappa shape index (κ1) is 19.9. The van der Waals surface area contributed by atoms with Crippen molar-refractivity contribution in [2.75, 3.05) is 13.2 Å². The number of aryl methyl sites for hydroxylation is 1. The summed E-state index contributed by atoms with van der Waals surface area (Å²) in [5, 5.41) is 7.32. The van der Waals surface area contributed by atoms with Gasteiger partial charge in [0.2, 0.25) is 5.91 Å². The fourth-order valence-corrected chi connectivity index (χ4v) is 3.56. The molecule has 1 aromatic heterocycles. The summed E-state index contributed by atoms with van der Waals surface area (Å²) in [6.07, 6.45) is 4.74. The van der Waals surface area contributed by atoms with E-state index in [-0.39, 0.29) is 17.9 Å². The van der Waals surface area contributed by atoms with Crippen LogP contribution in [0.5, 0.6) is 11.5 Å². The highest BCUT2D eigenvalue weighted by Crippen LogP contribution is 2.33. The third kappa shape index (κ3) is 4.97. The fourth-order valence-electron chi connectivity index (χ4n) is 3.56. The van der Waals surface area contributed by atoms with E-state index in [1.165, 1.54) is 11.9 Å². The Morgan fingerprint density at radius 3 is 2.70 bits per heavy atom. The Bertz CT molecular complexity index is 960. The van der Waals surface area contributed by atoms with E-state index in [9.17, 15) is 4.79 Å². The minimum atomic E-state index is -0.233. The maximum Gasteiger partial charge on any atom is 0.225 e. The molecular weight excluding hydrogens is 380 g/mol. The number of ether oxygens (including phenoxy) is 2. The van der Waals surface area contributed by atoms with Crippen molar-refractivity contribution in [3.05, 3.63) is 72.3 Å².